The Balaban J connectivity index is -0.000000405. The molecule has 0 aromatic rings. The first-order valence-electron chi connectivity index (χ1n) is 2.74. The van der Waals surface area contributed by atoms with Gasteiger partial charge >= 0.3 is 41.5 Å². The van der Waals surface area contributed by atoms with E-state index in [1.165, 1.54) is 0 Å². The number of carboxylic acids is 2. The third kappa shape index (κ3) is 9.86. The van der Waals surface area contributed by atoms with Crippen LogP contribution in [0.3, 0.4) is 0 Å². The van der Waals surface area contributed by atoms with Crippen molar-refractivity contribution >= 4 is 11.9 Å². The fraction of sp³-hybridized carbons (Fsp3) is 0.600. The zero-order valence-corrected chi connectivity index (χ0v) is 8.86. The summed E-state index contributed by atoms with van der Waals surface area (Å²) in [5.41, 5.74) is 5.00. The molecule has 0 aromatic heterocycles. The maximum Gasteiger partial charge on any atom is 1.00 e. The van der Waals surface area contributed by atoms with Gasteiger partial charge in [0.25, 0.3) is 0 Å². The summed E-state index contributed by atoms with van der Waals surface area (Å²) in [7, 11) is 0. The van der Waals surface area contributed by atoms with Crippen LogP contribution in [-0.4, -0.2) is 28.2 Å². The summed E-state index contributed by atoms with van der Waals surface area (Å²) in [4.78, 5) is 19.9. The van der Waals surface area contributed by atoms with Gasteiger partial charge in [0.15, 0.2) is 0 Å². The van der Waals surface area contributed by atoms with Crippen LogP contribution in [0.4, 0.5) is 0 Å². The number of hydrogen-bond donors (Lipinski definition) is 3. The molecule has 1 atom stereocenters. The Kier molecular flexibility index (Phi) is 13.3. The molecular weight excluding hydrogens is 175 g/mol. The van der Waals surface area contributed by atoms with Gasteiger partial charge in [-0.15, -0.1) is 0 Å². The van der Waals surface area contributed by atoms with Crippen LogP contribution >= 0.6 is 0 Å². The number of carbonyl (C=O) groups is 2. The summed E-state index contributed by atoms with van der Waals surface area (Å²) >= 11 is 0. The Morgan fingerprint density at radius 1 is 1.33 bits per heavy atom. The molecule has 0 fully saturated rings. The van der Waals surface area contributed by atoms with Gasteiger partial charge in [-0.3, -0.25) is 9.59 Å². The van der Waals surface area contributed by atoms with Gasteiger partial charge in [0.2, 0.25) is 0 Å². The molecule has 0 aliphatic rings. The Morgan fingerprint density at radius 3 is 2.00 bits per heavy atom. The average molecular weight is 186 g/mol. The summed E-state index contributed by atoms with van der Waals surface area (Å²) in [5.74, 6) is -2.20. The van der Waals surface area contributed by atoms with Crippen molar-refractivity contribution in [3.8, 4) is 0 Å². The molecule has 66 valence electrons. The molecule has 0 unspecified atom stereocenters. The van der Waals surface area contributed by atoms with Gasteiger partial charge in [-0.05, 0) is 6.42 Å². The second kappa shape index (κ2) is 8.95. The average Bonchev–Trinajstić information content (AvgIpc) is 1.82. The number of rotatable bonds is 4. The van der Waals surface area contributed by atoms with E-state index in [1.807, 2.05) is 0 Å². The Hall–Kier alpha value is -0.140. The fourth-order valence-electron chi connectivity index (χ4n) is 0.402. The first-order valence-corrected chi connectivity index (χ1v) is 2.74. The Labute approximate surface area is 92.0 Å². The normalized spacial score (nSPS) is 10.4. The minimum absolute atomic E-state index is 0. The van der Waals surface area contributed by atoms with Gasteiger partial charge < -0.3 is 22.1 Å². The summed E-state index contributed by atoms with van der Waals surface area (Å²) < 4.78 is 0. The van der Waals surface area contributed by atoms with Crippen LogP contribution in [0.2, 0.25) is 0 Å². The predicted molar refractivity (Wildman–Crippen MR) is 37.8 cm³/mol. The molecule has 0 aliphatic carbocycles. The van der Waals surface area contributed by atoms with Crippen molar-refractivity contribution in [3.63, 3.8) is 0 Å². The molecule has 0 amide bonds. The number of nitrogens with two attached hydrogens (primary N) is 2. The van der Waals surface area contributed by atoms with E-state index in [4.69, 9.17) is 15.9 Å². The largest absolute Gasteiger partial charge is 1.00 e. The van der Waals surface area contributed by atoms with E-state index in [2.05, 4.69) is 0 Å². The molecule has 0 bridgehead atoms. The van der Waals surface area contributed by atoms with Gasteiger partial charge in [0.05, 0.1) is 0 Å². The fourth-order valence-corrected chi connectivity index (χ4v) is 0.402. The summed E-state index contributed by atoms with van der Waals surface area (Å²) in [5, 5.41) is 16.3. The second-order valence-corrected chi connectivity index (χ2v) is 1.88. The molecule has 0 heterocycles. The van der Waals surface area contributed by atoms with E-state index in [0.717, 1.165) is 0 Å². The standard InChI is InChI=1S/C5H9NO4.H2N.Na/c6-3(5(9)10)1-2-4(7)8;;/h3H,1-2,6H2,(H,7,8)(H,9,10);1H2;/q;-1;+1/t3-;;/m0../s1. The van der Waals surface area contributed by atoms with Crippen molar-refractivity contribution in [2.45, 2.75) is 18.9 Å². The maximum absolute atomic E-state index is 9.99. The van der Waals surface area contributed by atoms with Crippen LogP contribution in [-0.2, 0) is 9.59 Å². The van der Waals surface area contributed by atoms with Crippen molar-refractivity contribution < 1.29 is 49.4 Å². The van der Waals surface area contributed by atoms with Crippen LogP contribution < -0.4 is 35.3 Å². The summed E-state index contributed by atoms with van der Waals surface area (Å²) in [6, 6.07) is -1.06. The maximum atomic E-state index is 9.99. The van der Waals surface area contributed by atoms with Crippen LogP contribution in [0.1, 0.15) is 12.8 Å². The molecule has 6 nitrogen and oxygen atoms in total. The third-order valence-corrected chi connectivity index (χ3v) is 0.986. The first kappa shape index (κ1) is 17.8. The van der Waals surface area contributed by atoms with Crippen LogP contribution in [0, 0.1) is 0 Å². The number of carboxylic acid groups (broad SMARTS) is 2. The van der Waals surface area contributed by atoms with Crippen molar-refractivity contribution in [1.29, 1.82) is 0 Å². The van der Waals surface area contributed by atoms with Crippen LogP contribution in [0.25, 0.3) is 6.15 Å². The van der Waals surface area contributed by atoms with E-state index in [1.54, 1.807) is 0 Å². The van der Waals surface area contributed by atoms with Crippen molar-refractivity contribution in [3.05, 3.63) is 6.15 Å². The van der Waals surface area contributed by atoms with Crippen molar-refractivity contribution in [2.75, 3.05) is 0 Å². The smallest absolute Gasteiger partial charge is 0.693 e. The predicted octanol–water partition coefficient (Wildman–Crippen LogP) is -3.02. The topological polar surface area (TPSA) is 134 Å². The monoisotopic (exact) mass is 186 g/mol. The Morgan fingerprint density at radius 2 is 1.75 bits per heavy atom. The molecular formula is C5H11N2NaO4. The molecule has 6 N–H and O–H groups in total. The van der Waals surface area contributed by atoms with Crippen LogP contribution in [0.15, 0.2) is 0 Å². The molecule has 0 spiro atoms. The van der Waals surface area contributed by atoms with Gasteiger partial charge in [0, 0.05) is 6.42 Å². The van der Waals surface area contributed by atoms with E-state index < -0.39 is 18.0 Å². The van der Waals surface area contributed by atoms with Gasteiger partial charge in [-0.2, -0.15) is 0 Å². The molecule has 0 aliphatic heterocycles. The SMILES string of the molecule is N[C@@H](CCC(=O)O)C(=O)O.[NH2-].[Na+]. The van der Waals surface area contributed by atoms with Crippen molar-refractivity contribution in [1.82, 2.24) is 0 Å². The van der Waals surface area contributed by atoms with Gasteiger partial charge in [-0.25, -0.2) is 0 Å². The quantitative estimate of drug-likeness (QED) is 0.402. The first-order chi connectivity index (χ1) is 4.54. The molecule has 0 rings (SSSR count). The zero-order chi connectivity index (χ0) is 8.15. The van der Waals surface area contributed by atoms with E-state index in [9.17, 15) is 9.59 Å². The molecule has 0 aromatic carbocycles. The second-order valence-electron chi connectivity index (χ2n) is 1.88. The molecule has 0 radical (unpaired) electrons. The number of hydrogen-bond acceptors (Lipinski definition) is 3. The molecule has 0 saturated carbocycles. The minimum atomic E-state index is -1.17. The molecule has 0 saturated heterocycles. The Bertz CT molecular complexity index is 152. The van der Waals surface area contributed by atoms with Crippen LogP contribution in [0.5, 0.6) is 0 Å². The van der Waals surface area contributed by atoms with E-state index in [-0.39, 0.29) is 48.5 Å². The summed E-state index contributed by atoms with van der Waals surface area (Å²) in [6.45, 7) is 0. The van der Waals surface area contributed by atoms with E-state index >= 15 is 0 Å². The summed E-state index contributed by atoms with van der Waals surface area (Å²) in [6.07, 6.45) is -0.224. The third-order valence-electron chi connectivity index (χ3n) is 0.986. The van der Waals surface area contributed by atoms with Crippen molar-refractivity contribution in [2.24, 2.45) is 5.73 Å². The minimum Gasteiger partial charge on any atom is -0.693 e. The van der Waals surface area contributed by atoms with Gasteiger partial charge in [0.1, 0.15) is 6.04 Å². The van der Waals surface area contributed by atoms with Gasteiger partial charge in [-0.1, -0.05) is 0 Å². The molecule has 7 heteroatoms. The number of aliphatic carboxylic acids is 2. The molecule has 12 heavy (non-hydrogen) atoms. The zero-order valence-electron chi connectivity index (χ0n) is 6.86. The van der Waals surface area contributed by atoms with E-state index in [0.29, 0.717) is 0 Å².